The van der Waals surface area contributed by atoms with Crippen LogP contribution in [0.2, 0.25) is 0 Å². The van der Waals surface area contributed by atoms with Crippen LogP contribution in [-0.2, 0) is 28.5 Å². The fourth-order valence-electron chi connectivity index (χ4n) is 4.61. The number of piperidine rings is 2. The molecule has 2 saturated heterocycles. The Kier molecular flexibility index (Phi) is 39.7. The highest BCUT2D eigenvalue weighted by molar-refractivity contribution is 5.76. The molecule has 0 aromatic heterocycles. The average molecular weight is 649 g/mol. The van der Waals surface area contributed by atoms with Gasteiger partial charge in [0.1, 0.15) is 0 Å². The molecule has 0 bridgehead atoms. The van der Waals surface area contributed by atoms with Crippen LogP contribution in [-0.4, -0.2) is 121 Å². The molecular weight excluding hydrogens is 572 g/mol. The van der Waals surface area contributed by atoms with Gasteiger partial charge in [0.2, 0.25) is 11.8 Å². The summed E-state index contributed by atoms with van der Waals surface area (Å²) >= 11 is 0. The van der Waals surface area contributed by atoms with E-state index in [1.807, 2.05) is 58.4 Å². The predicted molar refractivity (Wildman–Crippen MR) is 189 cm³/mol. The standard InChI is InChI=1S/C16H32N2O4.C13H26N2O2.3C2H6/c1-15-3-7-18(8-4-15)16(19)5-9-20-11-13-22-14-12-21-10-6-17-2;1-11(2)12-3-7-15(8-4-12)13(16)5-9-17-10-6-14;3*1-2/h15,17H,3-14H2,1-2H3;11-12H,3-10,14H2,1-2H3;3*1-2H3. The first-order chi connectivity index (χ1) is 21.9. The molecule has 2 fully saturated rings. The van der Waals surface area contributed by atoms with Crippen LogP contribution >= 0.6 is 0 Å². The Morgan fingerprint density at radius 1 is 0.667 bits per heavy atom. The molecule has 2 amide bonds. The molecule has 0 spiro atoms. The third-order valence-electron chi connectivity index (χ3n) is 7.39. The summed E-state index contributed by atoms with van der Waals surface area (Å²) in [5, 5.41) is 3.01. The lowest BCUT2D eigenvalue weighted by atomic mass is 9.86. The van der Waals surface area contributed by atoms with Gasteiger partial charge < -0.3 is 39.8 Å². The number of nitrogens with two attached hydrogens (primary N) is 1. The van der Waals surface area contributed by atoms with E-state index in [-0.39, 0.29) is 11.8 Å². The molecule has 0 radical (unpaired) electrons. The first kappa shape index (κ1) is 48.1. The van der Waals surface area contributed by atoms with E-state index in [0.717, 1.165) is 76.2 Å². The minimum Gasteiger partial charge on any atom is -0.380 e. The number of nitrogens with one attached hydrogen (secondary N) is 1. The Hall–Kier alpha value is -1.30. The summed E-state index contributed by atoms with van der Waals surface area (Å²) in [6.45, 7) is 28.3. The van der Waals surface area contributed by atoms with Gasteiger partial charge in [-0.25, -0.2) is 0 Å². The van der Waals surface area contributed by atoms with E-state index in [2.05, 4.69) is 26.1 Å². The van der Waals surface area contributed by atoms with Crippen LogP contribution in [0.15, 0.2) is 0 Å². The number of likely N-dealkylation sites (N-methyl/N-ethyl adjacent to an activating group) is 1. The molecule has 10 heteroatoms. The van der Waals surface area contributed by atoms with Crippen molar-refractivity contribution < 1.29 is 28.5 Å². The van der Waals surface area contributed by atoms with Crippen LogP contribution < -0.4 is 11.1 Å². The van der Waals surface area contributed by atoms with E-state index >= 15 is 0 Å². The summed E-state index contributed by atoms with van der Waals surface area (Å²) in [5.74, 6) is 2.71. The van der Waals surface area contributed by atoms with Crippen molar-refractivity contribution in [3.05, 3.63) is 0 Å². The van der Waals surface area contributed by atoms with Crippen molar-refractivity contribution in [2.75, 3.05) is 99.2 Å². The van der Waals surface area contributed by atoms with Gasteiger partial charge in [0.05, 0.1) is 65.7 Å². The molecule has 0 aromatic rings. The summed E-state index contributed by atoms with van der Waals surface area (Å²) in [5.41, 5.74) is 5.31. The maximum atomic E-state index is 12.0. The van der Waals surface area contributed by atoms with Gasteiger partial charge in [-0.05, 0) is 50.5 Å². The SMILES string of the molecule is CC.CC.CC.CC(C)C1CCN(C(=O)CCOCCN)CC1.CNCCOCCOCCOCCC(=O)N1CCC(C)CC1. The molecule has 0 atom stereocenters. The van der Waals surface area contributed by atoms with Crippen LogP contribution in [0.4, 0.5) is 0 Å². The predicted octanol–water partition coefficient (Wildman–Crippen LogP) is 5.23. The van der Waals surface area contributed by atoms with E-state index in [1.54, 1.807) is 0 Å². The summed E-state index contributed by atoms with van der Waals surface area (Å²) in [4.78, 5) is 27.7. The van der Waals surface area contributed by atoms with Gasteiger partial charge in [-0.15, -0.1) is 0 Å². The Morgan fingerprint density at radius 2 is 1.04 bits per heavy atom. The van der Waals surface area contributed by atoms with Crippen LogP contribution in [0, 0.1) is 17.8 Å². The number of hydrogen-bond donors (Lipinski definition) is 2. The van der Waals surface area contributed by atoms with Crippen molar-refractivity contribution in [3.8, 4) is 0 Å². The van der Waals surface area contributed by atoms with Gasteiger partial charge in [-0.1, -0.05) is 62.3 Å². The van der Waals surface area contributed by atoms with Crippen LogP contribution in [0.1, 0.15) is 101 Å². The van der Waals surface area contributed by atoms with Gasteiger partial charge in [0.15, 0.2) is 0 Å². The third kappa shape index (κ3) is 28.6. The number of hydrogen-bond acceptors (Lipinski definition) is 8. The van der Waals surface area contributed by atoms with E-state index in [9.17, 15) is 9.59 Å². The second kappa shape index (κ2) is 37.2. The number of likely N-dealkylation sites (tertiary alicyclic amines) is 2. The minimum atomic E-state index is 0.214. The first-order valence-electron chi connectivity index (χ1n) is 18.1. The summed E-state index contributed by atoms with van der Waals surface area (Å²) in [6.07, 6.45) is 5.50. The fraction of sp³-hybridized carbons (Fsp3) is 0.943. The first-order valence-corrected chi connectivity index (χ1v) is 18.1. The Balaban J connectivity index is -0.000000686. The van der Waals surface area contributed by atoms with Gasteiger partial charge in [0.25, 0.3) is 0 Å². The number of rotatable bonds is 18. The van der Waals surface area contributed by atoms with Crippen LogP contribution in [0.5, 0.6) is 0 Å². The van der Waals surface area contributed by atoms with Crippen molar-refractivity contribution in [2.45, 2.75) is 101 Å². The molecule has 2 rings (SSSR count). The van der Waals surface area contributed by atoms with E-state index < -0.39 is 0 Å². The molecule has 2 aliphatic heterocycles. The molecule has 0 unspecified atom stereocenters. The number of amides is 2. The molecule has 10 nitrogen and oxygen atoms in total. The number of carbonyl (C=O) groups is 2. The Labute approximate surface area is 278 Å². The summed E-state index contributed by atoms with van der Waals surface area (Å²) in [7, 11) is 1.90. The summed E-state index contributed by atoms with van der Waals surface area (Å²) in [6, 6.07) is 0. The molecule has 272 valence electrons. The largest absolute Gasteiger partial charge is 0.380 e. The van der Waals surface area contributed by atoms with Crippen LogP contribution in [0.3, 0.4) is 0 Å². The normalized spacial score (nSPS) is 15.0. The lowest BCUT2D eigenvalue weighted by molar-refractivity contribution is -0.134. The second-order valence-corrected chi connectivity index (χ2v) is 10.9. The Bertz CT molecular complexity index is 611. The molecule has 2 heterocycles. The second-order valence-electron chi connectivity index (χ2n) is 10.9. The molecule has 0 aromatic carbocycles. The minimum absolute atomic E-state index is 0.214. The van der Waals surface area contributed by atoms with Crippen molar-refractivity contribution in [3.63, 3.8) is 0 Å². The molecule has 45 heavy (non-hydrogen) atoms. The van der Waals surface area contributed by atoms with E-state index in [4.69, 9.17) is 24.7 Å². The number of nitrogens with zero attached hydrogens (tertiary/aromatic N) is 2. The van der Waals surface area contributed by atoms with E-state index in [0.29, 0.717) is 72.2 Å². The number of ether oxygens (including phenoxy) is 4. The third-order valence-corrected chi connectivity index (χ3v) is 7.39. The highest BCUT2D eigenvalue weighted by Gasteiger charge is 2.24. The van der Waals surface area contributed by atoms with Crippen LogP contribution in [0.25, 0.3) is 0 Å². The van der Waals surface area contributed by atoms with Crippen molar-refractivity contribution >= 4 is 11.8 Å². The smallest absolute Gasteiger partial charge is 0.224 e. The van der Waals surface area contributed by atoms with Crippen molar-refractivity contribution in [1.29, 1.82) is 0 Å². The maximum Gasteiger partial charge on any atom is 0.224 e. The summed E-state index contributed by atoms with van der Waals surface area (Å²) < 4.78 is 21.4. The van der Waals surface area contributed by atoms with Crippen molar-refractivity contribution in [1.82, 2.24) is 15.1 Å². The molecule has 2 aliphatic rings. The average Bonchev–Trinajstić information content (AvgIpc) is 3.08. The zero-order valence-electron chi connectivity index (χ0n) is 31.3. The quantitative estimate of drug-likeness (QED) is 0.194. The van der Waals surface area contributed by atoms with Gasteiger partial charge in [0, 0.05) is 39.3 Å². The van der Waals surface area contributed by atoms with E-state index in [1.165, 1.54) is 0 Å². The van der Waals surface area contributed by atoms with Gasteiger partial charge in [-0.2, -0.15) is 0 Å². The molecule has 0 saturated carbocycles. The topological polar surface area (TPSA) is 116 Å². The lowest BCUT2D eigenvalue weighted by Gasteiger charge is -2.33. The zero-order chi connectivity index (χ0) is 34.7. The highest BCUT2D eigenvalue weighted by Crippen LogP contribution is 2.24. The highest BCUT2D eigenvalue weighted by atomic mass is 16.5. The fourth-order valence-corrected chi connectivity index (χ4v) is 4.61. The Morgan fingerprint density at radius 3 is 1.44 bits per heavy atom. The molecule has 0 aliphatic carbocycles. The molecular formula is C35H76N4O6. The van der Waals surface area contributed by atoms with Gasteiger partial charge in [-0.3, -0.25) is 9.59 Å². The zero-order valence-corrected chi connectivity index (χ0v) is 31.3. The van der Waals surface area contributed by atoms with Crippen molar-refractivity contribution in [2.24, 2.45) is 23.5 Å². The molecule has 3 N–H and O–H groups in total. The monoisotopic (exact) mass is 649 g/mol. The lowest BCUT2D eigenvalue weighted by Crippen LogP contribution is -2.39. The van der Waals surface area contributed by atoms with Gasteiger partial charge >= 0.3 is 0 Å². The number of carbonyl (C=O) groups excluding carboxylic acids is 2. The maximum absolute atomic E-state index is 12.0.